The van der Waals surface area contributed by atoms with Crippen LogP contribution in [0.1, 0.15) is 32.1 Å². The summed E-state index contributed by atoms with van der Waals surface area (Å²) in [5, 5.41) is 9.50. The molecule has 2 heteroatoms. The van der Waals surface area contributed by atoms with Crippen molar-refractivity contribution < 1.29 is 5.11 Å². The second-order valence-electron chi connectivity index (χ2n) is 4.09. The van der Waals surface area contributed by atoms with E-state index >= 15 is 0 Å². The van der Waals surface area contributed by atoms with Gasteiger partial charge in [-0.1, -0.05) is 19.3 Å². The van der Waals surface area contributed by atoms with Crippen LogP contribution in [0.5, 0.6) is 0 Å². The zero-order chi connectivity index (χ0) is 7.84. The summed E-state index contributed by atoms with van der Waals surface area (Å²) in [5.74, 6) is 1.38. The van der Waals surface area contributed by atoms with Crippen molar-refractivity contribution in [3.05, 3.63) is 0 Å². The molecule has 2 saturated carbocycles. The molecule has 2 aliphatic rings. The summed E-state index contributed by atoms with van der Waals surface area (Å²) in [5.41, 5.74) is 5.88. The summed E-state index contributed by atoms with van der Waals surface area (Å²) < 4.78 is 0. The maximum absolute atomic E-state index is 9.50. The first-order valence-corrected chi connectivity index (χ1v) is 4.72. The summed E-state index contributed by atoms with van der Waals surface area (Å²) in [6, 6.07) is 0.0836. The molecule has 0 heterocycles. The standard InChI is InChI=1S/C9H17NO/c10-9-7-4-2-1-3-6(7)5-8(9)11/h6-9,11H,1-5,10H2/t6-,7+,8+,9-/m1/s1. The Morgan fingerprint density at radius 1 is 1.18 bits per heavy atom. The van der Waals surface area contributed by atoms with Crippen molar-refractivity contribution in [3.8, 4) is 0 Å². The predicted octanol–water partition coefficient (Wildman–Crippen LogP) is 0.885. The summed E-state index contributed by atoms with van der Waals surface area (Å²) in [7, 11) is 0. The fourth-order valence-corrected chi connectivity index (χ4v) is 2.79. The van der Waals surface area contributed by atoms with Crippen molar-refractivity contribution in [1.29, 1.82) is 0 Å². The SMILES string of the molecule is N[C@@H]1[C@H]2CCCC[C@@H]2C[C@@H]1O. The van der Waals surface area contributed by atoms with Crippen molar-refractivity contribution in [2.45, 2.75) is 44.2 Å². The van der Waals surface area contributed by atoms with Crippen LogP contribution in [0.15, 0.2) is 0 Å². The third-order valence-electron chi connectivity index (χ3n) is 3.45. The average Bonchev–Trinajstić information content (AvgIpc) is 2.30. The van der Waals surface area contributed by atoms with Gasteiger partial charge in [0.05, 0.1) is 6.10 Å². The highest BCUT2D eigenvalue weighted by Gasteiger charge is 2.40. The second-order valence-corrected chi connectivity index (χ2v) is 4.09. The number of nitrogens with two attached hydrogens (primary N) is 1. The molecule has 0 bridgehead atoms. The first kappa shape index (κ1) is 7.56. The Kier molecular flexibility index (Phi) is 1.90. The van der Waals surface area contributed by atoms with E-state index in [1.807, 2.05) is 0 Å². The molecular formula is C9H17NO. The largest absolute Gasteiger partial charge is 0.391 e. The van der Waals surface area contributed by atoms with Crippen LogP contribution >= 0.6 is 0 Å². The Hall–Kier alpha value is -0.0800. The predicted molar refractivity (Wildman–Crippen MR) is 44.0 cm³/mol. The molecule has 2 rings (SSSR count). The minimum Gasteiger partial charge on any atom is -0.391 e. The van der Waals surface area contributed by atoms with Crippen LogP contribution in [0, 0.1) is 11.8 Å². The van der Waals surface area contributed by atoms with Crippen LogP contribution < -0.4 is 5.73 Å². The molecule has 11 heavy (non-hydrogen) atoms. The lowest BCUT2D eigenvalue weighted by molar-refractivity contribution is 0.155. The lowest BCUT2D eigenvalue weighted by Gasteiger charge is -2.27. The third kappa shape index (κ3) is 1.18. The third-order valence-corrected chi connectivity index (χ3v) is 3.45. The second kappa shape index (κ2) is 2.76. The molecule has 0 saturated heterocycles. The summed E-state index contributed by atoms with van der Waals surface area (Å²) in [6.45, 7) is 0. The van der Waals surface area contributed by atoms with Gasteiger partial charge in [0, 0.05) is 6.04 Å². The number of hydrogen-bond acceptors (Lipinski definition) is 2. The molecular weight excluding hydrogens is 138 g/mol. The molecule has 0 unspecified atom stereocenters. The van der Waals surface area contributed by atoms with E-state index in [9.17, 15) is 5.11 Å². The van der Waals surface area contributed by atoms with E-state index in [1.54, 1.807) is 0 Å². The Bertz CT molecular complexity index is 148. The first-order chi connectivity index (χ1) is 5.29. The van der Waals surface area contributed by atoms with E-state index in [-0.39, 0.29) is 12.1 Å². The van der Waals surface area contributed by atoms with E-state index in [0.717, 1.165) is 12.3 Å². The summed E-state index contributed by atoms with van der Waals surface area (Å²) in [4.78, 5) is 0. The number of aliphatic hydroxyl groups is 1. The van der Waals surface area contributed by atoms with Crippen molar-refractivity contribution in [2.24, 2.45) is 17.6 Å². The van der Waals surface area contributed by atoms with E-state index in [2.05, 4.69) is 0 Å². The van der Waals surface area contributed by atoms with Gasteiger partial charge in [0.1, 0.15) is 0 Å². The van der Waals surface area contributed by atoms with Gasteiger partial charge in [-0.15, -0.1) is 0 Å². The Labute approximate surface area is 67.8 Å². The van der Waals surface area contributed by atoms with Crippen LogP contribution in [-0.2, 0) is 0 Å². The number of fused-ring (bicyclic) bond motifs is 1. The Morgan fingerprint density at radius 3 is 2.64 bits per heavy atom. The van der Waals surface area contributed by atoms with Gasteiger partial charge in [-0.05, 0) is 24.7 Å². The van der Waals surface area contributed by atoms with Crippen molar-refractivity contribution >= 4 is 0 Å². The molecule has 3 N–H and O–H groups in total. The number of hydrogen-bond donors (Lipinski definition) is 2. The maximum Gasteiger partial charge on any atom is 0.0696 e. The minimum absolute atomic E-state index is 0.0836. The highest BCUT2D eigenvalue weighted by molar-refractivity contribution is 4.95. The average molecular weight is 155 g/mol. The highest BCUT2D eigenvalue weighted by atomic mass is 16.3. The molecule has 2 fully saturated rings. The molecule has 0 amide bonds. The molecule has 64 valence electrons. The maximum atomic E-state index is 9.50. The molecule has 0 spiro atoms. The molecule has 0 aromatic heterocycles. The molecule has 0 aromatic rings. The smallest absolute Gasteiger partial charge is 0.0696 e. The lowest BCUT2D eigenvalue weighted by Crippen LogP contribution is -2.36. The molecule has 0 radical (unpaired) electrons. The highest BCUT2D eigenvalue weighted by Crippen LogP contribution is 2.41. The van der Waals surface area contributed by atoms with Crippen molar-refractivity contribution in [3.63, 3.8) is 0 Å². The van der Waals surface area contributed by atoms with Crippen molar-refractivity contribution in [1.82, 2.24) is 0 Å². The van der Waals surface area contributed by atoms with Gasteiger partial charge in [0.2, 0.25) is 0 Å². The van der Waals surface area contributed by atoms with E-state index < -0.39 is 0 Å². The Balaban J connectivity index is 2.05. The summed E-state index contributed by atoms with van der Waals surface area (Å²) in [6.07, 6.45) is 5.98. The van der Waals surface area contributed by atoms with Crippen molar-refractivity contribution in [2.75, 3.05) is 0 Å². The van der Waals surface area contributed by atoms with Gasteiger partial charge in [-0.2, -0.15) is 0 Å². The van der Waals surface area contributed by atoms with Crippen LogP contribution in [0.4, 0.5) is 0 Å². The van der Waals surface area contributed by atoms with Crippen LogP contribution in [-0.4, -0.2) is 17.3 Å². The fourth-order valence-electron chi connectivity index (χ4n) is 2.79. The molecule has 0 aliphatic heterocycles. The van der Waals surface area contributed by atoms with Gasteiger partial charge in [-0.3, -0.25) is 0 Å². The van der Waals surface area contributed by atoms with E-state index in [0.29, 0.717) is 5.92 Å². The first-order valence-electron chi connectivity index (χ1n) is 4.72. The molecule has 4 atom stereocenters. The van der Waals surface area contributed by atoms with Crippen LogP contribution in [0.2, 0.25) is 0 Å². The van der Waals surface area contributed by atoms with Gasteiger partial charge in [-0.25, -0.2) is 0 Å². The van der Waals surface area contributed by atoms with Crippen LogP contribution in [0.3, 0.4) is 0 Å². The van der Waals surface area contributed by atoms with Gasteiger partial charge in [0.15, 0.2) is 0 Å². The lowest BCUT2D eigenvalue weighted by atomic mass is 9.80. The van der Waals surface area contributed by atoms with Crippen LogP contribution in [0.25, 0.3) is 0 Å². The van der Waals surface area contributed by atoms with Gasteiger partial charge >= 0.3 is 0 Å². The zero-order valence-electron chi connectivity index (χ0n) is 6.87. The summed E-state index contributed by atoms with van der Waals surface area (Å²) >= 11 is 0. The van der Waals surface area contributed by atoms with Gasteiger partial charge in [0.25, 0.3) is 0 Å². The Morgan fingerprint density at radius 2 is 1.91 bits per heavy atom. The molecule has 2 aliphatic carbocycles. The topological polar surface area (TPSA) is 46.2 Å². The normalized spacial score (nSPS) is 50.7. The fraction of sp³-hybridized carbons (Fsp3) is 1.00. The quantitative estimate of drug-likeness (QED) is 0.545. The molecule has 2 nitrogen and oxygen atoms in total. The number of rotatable bonds is 0. The molecule has 0 aromatic carbocycles. The number of aliphatic hydroxyl groups excluding tert-OH is 1. The van der Waals surface area contributed by atoms with E-state index in [4.69, 9.17) is 5.73 Å². The monoisotopic (exact) mass is 155 g/mol. The van der Waals surface area contributed by atoms with E-state index in [1.165, 1.54) is 25.7 Å². The van der Waals surface area contributed by atoms with Gasteiger partial charge < -0.3 is 10.8 Å². The minimum atomic E-state index is -0.205. The zero-order valence-corrected chi connectivity index (χ0v) is 6.87.